The summed E-state index contributed by atoms with van der Waals surface area (Å²) in [4.78, 5) is 0. The van der Waals surface area contributed by atoms with Gasteiger partial charge in [0.2, 0.25) is 0 Å². The van der Waals surface area contributed by atoms with Crippen LogP contribution in [0, 0.1) is 11.3 Å². The van der Waals surface area contributed by atoms with Crippen molar-refractivity contribution in [2.45, 2.75) is 6.54 Å². The van der Waals surface area contributed by atoms with Crippen LogP contribution in [0.3, 0.4) is 0 Å². The monoisotopic (exact) mass is 200 g/mol. The minimum atomic E-state index is 0.680. The molecule has 0 saturated heterocycles. The van der Waals surface area contributed by atoms with Crippen molar-refractivity contribution in [1.29, 1.82) is 5.26 Å². The molecule has 0 aliphatic heterocycles. The van der Waals surface area contributed by atoms with E-state index in [-0.39, 0.29) is 0 Å². The summed E-state index contributed by atoms with van der Waals surface area (Å²) in [6.45, 7) is 0.712. The van der Waals surface area contributed by atoms with Gasteiger partial charge in [-0.25, -0.2) is 0 Å². The van der Waals surface area contributed by atoms with Crippen molar-refractivity contribution in [2.24, 2.45) is 7.05 Å². The van der Waals surface area contributed by atoms with Crippen molar-refractivity contribution < 1.29 is 0 Å². The highest BCUT2D eigenvalue weighted by Gasteiger charge is 2.01. The second-order valence-corrected chi connectivity index (χ2v) is 3.38. The molecule has 0 aromatic carbocycles. The molecule has 0 amide bonds. The van der Waals surface area contributed by atoms with E-state index < -0.39 is 0 Å². The van der Waals surface area contributed by atoms with Crippen LogP contribution in [0.25, 0.3) is 0 Å². The molecule has 2 aromatic rings. The Kier molecular flexibility index (Phi) is 2.46. The van der Waals surface area contributed by atoms with Crippen LogP contribution in [0.2, 0.25) is 0 Å². The Balaban J connectivity index is 2.03. The Morgan fingerprint density at radius 1 is 1.40 bits per heavy atom. The third-order valence-electron chi connectivity index (χ3n) is 2.25. The highest BCUT2D eigenvalue weighted by atomic mass is 15.4. The zero-order chi connectivity index (χ0) is 10.7. The normalized spacial score (nSPS) is 9.87. The molecule has 4 nitrogen and oxygen atoms in total. The zero-order valence-electron chi connectivity index (χ0n) is 8.51. The van der Waals surface area contributed by atoms with Crippen molar-refractivity contribution in [3.63, 3.8) is 0 Å². The van der Waals surface area contributed by atoms with E-state index >= 15 is 0 Å². The van der Waals surface area contributed by atoms with Crippen LogP contribution in [-0.4, -0.2) is 9.24 Å². The van der Waals surface area contributed by atoms with Crippen LogP contribution in [0.5, 0.6) is 0 Å². The first-order valence-electron chi connectivity index (χ1n) is 4.72. The third-order valence-corrected chi connectivity index (χ3v) is 2.25. The number of hydrogen-bond donors (Lipinski definition) is 1. The molecule has 0 aliphatic rings. The lowest BCUT2D eigenvalue weighted by Crippen LogP contribution is -2.11. The highest BCUT2D eigenvalue weighted by Crippen LogP contribution is 2.06. The Morgan fingerprint density at radius 3 is 2.73 bits per heavy atom. The summed E-state index contributed by atoms with van der Waals surface area (Å²) in [6, 6.07) is 7.94. The topological polar surface area (TPSA) is 45.7 Å². The van der Waals surface area contributed by atoms with Gasteiger partial charge in [0, 0.05) is 25.6 Å². The van der Waals surface area contributed by atoms with Gasteiger partial charge in [-0.3, -0.25) is 4.68 Å². The molecule has 2 heterocycles. The second-order valence-electron chi connectivity index (χ2n) is 3.38. The van der Waals surface area contributed by atoms with E-state index in [1.807, 2.05) is 53.1 Å². The van der Waals surface area contributed by atoms with Gasteiger partial charge in [-0.05, 0) is 23.8 Å². The average molecular weight is 200 g/mol. The first-order chi connectivity index (χ1) is 7.29. The number of nitrogens with one attached hydrogen (secondary N) is 1. The smallest absolute Gasteiger partial charge is 0.120 e. The van der Waals surface area contributed by atoms with Gasteiger partial charge in [0.05, 0.1) is 6.54 Å². The zero-order valence-corrected chi connectivity index (χ0v) is 8.51. The summed E-state index contributed by atoms with van der Waals surface area (Å²) in [5.41, 5.74) is 4.98. The summed E-state index contributed by atoms with van der Waals surface area (Å²) >= 11 is 0. The van der Waals surface area contributed by atoms with E-state index in [1.54, 1.807) is 0 Å². The molecule has 0 spiro atoms. The van der Waals surface area contributed by atoms with Crippen molar-refractivity contribution in [2.75, 3.05) is 5.43 Å². The fourth-order valence-corrected chi connectivity index (χ4v) is 1.46. The Labute approximate surface area is 88.3 Å². The first-order valence-corrected chi connectivity index (χ1v) is 4.72. The Bertz CT molecular complexity index is 473. The van der Waals surface area contributed by atoms with E-state index in [2.05, 4.69) is 11.5 Å². The lowest BCUT2D eigenvalue weighted by Gasteiger charge is -2.04. The molecular weight excluding hydrogens is 188 g/mol. The summed E-state index contributed by atoms with van der Waals surface area (Å²) in [6.07, 6.45) is 5.83. The molecule has 1 N–H and O–H groups in total. The largest absolute Gasteiger partial charge is 0.342 e. The molecule has 2 rings (SSSR count). The van der Waals surface area contributed by atoms with Gasteiger partial charge in [0.15, 0.2) is 0 Å². The van der Waals surface area contributed by atoms with Crippen molar-refractivity contribution in [3.05, 3.63) is 48.0 Å². The van der Waals surface area contributed by atoms with Gasteiger partial charge in [0.1, 0.15) is 11.8 Å². The Morgan fingerprint density at radius 2 is 2.13 bits per heavy atom. The minimum Gasteiger partial charge on any atom is -0.342 e. The molecule has 0 atom stereocenters. The van der Waals surface area contributed by atoms with Gasteiger partial charge in [-0.2, -0.15) is 5.26 Å². The van der Waals surface area contributed by atoms with Crippen LogP contribution in [-0.2, 0) is 13.6 Å². The van der Waals surface area contributed by atoms with E-state index in [0.29, 0.717) is 12.2 Å². The summed E-state index contributed by atoms with van der Waals surface area (Å²) in [5, 5.41) is 8.79. The molecule has 0 aliphatic carbocycles. The summed E-state index contributed by atoms with van der Waals surface area (Å²) < 4.78 is 3.71. The fourth-order valence-electron chi connectivity index (χ4n) is 1.46. The number of aromatic nitrogens is 2. The summed E-state index contributed by atoms with van der Waals surface area (Å²) in [7, 11) is 1.87. The molecule has 0 saturated carbocycles. The quantitative estimate of drug-likeness (QED) is 0.814. The van der Waals surface area contributed by atoms with Gasteiger partial charge in [-0.15, -0.1) is 0 Å². The maximum atomic E-state index is 8.79. The van der Waals surface area contributed by atoms with Crippen LogP contribution in [0.15, 0.2) is 36.8 Å². The van der Waals surface area contributed by atoms with Crippen LogP contribution < -0.4 is 5.43 Å². The van der Waals surface area contributed by atoms with Gasteiger partial charge >= 0.3 is 0 Å². The van der Waals surface area contributed by atoms with Crippen molar-refractivity contribution in [1.82, 2.24) is 9.24 Å². The highest BCUT2D eigenvalue weighted by molar-refractivity contribution is 5.28. The average Bonchev–Trinajstić information content (AvgIpc) is 2.83. The van der Waals surface area contributed by atoms with Gasteiger partial charge in [0.25, 0.3) is 0 Å². The molecule has 0 unspecified atom stereocenters. The summed E-state index contributed by atoms with van der Waals surface area (Å²) in [5.74, 6) is 0. The number of nitriles is 1. The van der Waals surface area contributed by atoms with Gasteiger partial charge < -0.3 is 9.99 Å². The molecule has 4 heteroatoms. The molecular formula is C11H12N4. The Hall–Kier alpha value is -2.15. The van der Waals surface area contributed by atoms with Crippen LogP contribution >= 0.6 is 0 Å². The number of hydrogen-bond acceptors (Lipinski definition) is 2. The number of rotatable bonds is 3. The first kappa shape index (κ1) is 9.41. The standard InChI is InChI=1S/C11H12N4/c1-14-9-10(6-11(14)7-12)8-13-15-4-2-3-5-15/h2-6,9,13H,8H2,1H3. The molecule has 0 bridgehead atoms. The number of aryl methyl sites for hydroxylation is 1. The molecule has 76 valence electrons. The predicted octanol–water partition coefficient (Wildman–Crippen LogP) is 1.44. The maximum absolute atomic E-state index is 8.79. The van der Waals surface area contributed by atoms with Crippen molar-refractivity contribution >= 4 is 0 Å². The predicted molar refractivity (Wildman–Crippen MR) is 57.6 cm³/mol. The number of nitrogens with zero attached hydrogens (tertiary/aromatic N) is 3. The second kappa shape index (κ2) is 3.93. The lowest BCUT2D eigenvalue weighted by atomic mass is 10.3. The molecule has 2 aromatic heterocycles. The molecule has 0 fully saturated rings. The van der Waals surface area contributed by atoms with E-state index in [0.717, 1.165) is 5.56 Å². The SMILES string of the molecule is Cn1cc(CNn2cccc2)cc1C#N. The maximum Gasteiger partial charge on any atom is 0.120 e. The van der Waals surface area contributed by atoms with Crippen LogP contribution in [0.4, 0.5) is 0 Å². The molecule has 15 heavy (non-hydrogen) atoms. The fraction of sp³-hybridized carbons (Fsp3) is 0.182. The minimum absolute atomic E-state index is 0.680. The van der Waals surface area contributed by atoms with Gasteiger partial charge in [-0.1, -0.05) is 0 Å². The van der Waals surface area contributed by atoms with E-state index in [9.17, 15) is 0 Å². The van der Waals surface area contributed by atoms with Crippen LogP contribution in [0.1, 0.15) is 11.3 Å². The third kappa shape index (κ3) is 2.02. The van der Waals surface area contributed by atoms with E-state index in [4.69, 9.17) is 5.26 Å². The van der Waals surface area contributed by atoms with Crippen molar-refractivity contribution in [3.8, 4) is 6.07 Å². The molecule has 0 radical (unpaired) electrons. The van der Waals surface area contributed by atoms with E-state index in [1.165, 1.54) is 0 Å². The lowest BCUT2D eigenvalue weighted by molar-refractivity contribution is 0.840.